The summed E-state index contributed by atoms with van der Waals surface area (Å²) in [6, 6.07) is 4.19. The van der Waals surface area contributed by atoms with Crippen LogP contribution in [0.2, 0.25) is 0 Å². The zero-order chi connectivity index (χ0) is 21.0. The Morgan fingerprint density at radius 1 is 1.30 bits per heavy atom. The monoisotopic (exact) mass is 426 g/mol. The molecular weight excluding hydrogens is 404 g/mol. The Kier molecular flexibility index (Phi) is 4.32. The second-order valence-corrected chi connectivity index (χ2v) is 9.56. The van der Waals surface area contributed by atoms with Crippen molar-refractivity contribution in [1.29, 1.82) is 0 Å². The molecule has 156 valence electrons. The van der Waals surface area contributed by atoms with Crippen LogP contribution in [0.1, 0.15) is 37.6 Å². The average Bonchev–Trinajstić information content (AvgIpc) is 3.36. The number of piperidine rings is 1. The van der Waals surface area contributed by atoms with Crippen molar-refractivity contribution < 1.29 is 18.7 Å². The summed E-state index contributed by atoms with van der Waals surface area (Å²) in [6.45, 7) is 6.85. The highest BCUT2D eigenvalue weighted by Crippen LogP contribution is 2.38. The molecule has 2 aromatic heterocycles. The normalized spacial score (nSPS) is 20.9. The van der Waals surface area contributed by atoms with Gasteiger partial charge in [0.15, 0.2) is 11.9 Å². The van der Waals surface area contributed by atoms with Crippen molar-refractivity contribution >= 4 is 40.8 Å². The smallest absolute Gasteiger partial charge is 0.410 e. The molecule has 0 spiro atoms. The minimum Gasteiger partial charge on any atom is -0.444 e. The minimum absolute atomic E-state index is 0.0672. The maximum atomic E-state index is 12.5. The highest BCUT2D eigenvalue weighted by Gasteiger charge is 2.49. The molecule has 8 nitrogen and oxygen atoms in total. The molecular formula is C21H22N4O4S. The predicted molar refractivity (Wildman–Crippen MR) is 113 cm³/mol. The quantitative estimate of drug-likeness (QED) is 0.586. The number of carbonyl (C=O) groups excluding carboxylic acids is 2. The lowest BCUT2D eigenvalue weighted by atomic mass is 9.88. The molecule has 3 aliphatic heterocycles. The van der Waals surface area contributed by atoms with Crippen LogP contribution in [0.3, 0.4) is 0 Å². The van der Waals surface area contributed by atoms with E-state index in [0.29, 0.717) is 35.8 Å². The fourth-order valence-electron chi connectivity index (χ4n) is 4.15. The summed E-state index contributed by atoms with van der Waals surface area (Å²) in [5.41, 5.74) is 1.89. The second kappa shape index (κ2) is 6.80. The lowest BCUT2D eigenvalue weighted by molar-refractivity contribution is -0.0386. The van der Waals surface area contributed by atoms with Gasteiger partial charge in [0.2, 0.25) is 0 Å². The van der Waals surface area contributed by atoms with E-state index >= 15 is 0 Å². The van der Waals surface area contributed by atoms with Gasteiger partial charge in [0.25, 0.3) is 6.01 Å². The molecule has 1 aromatic carbocycles. The second-order valence-electron chi connectivity index (χ2n) is 8.67. The van der Waals surface area contributed by atoms with Crippen molar-refractivity contribution in [3.05, 3.63) is 29.3 Å². The van der Waals surface area contributed by atoms with Crippen LogP contribution in [0.15, 0.2) is 28.1 Å². The summed E-state index contributed by atoms with van der Waals surface area (Å²) in [5.74, 6) is 0. The van der Waals surface area contributed by atoms with E-state index in [0.717, 1.165) is 23.3 Å². The van der Waals surface area contributed by atoms with Crippen LogP contribution in [0, 0.1) is 0 Å². The van der Waals surface area contributed by atoms with E-state index in [1.165, 1.54) is 11.3 Å². The Hall–Kier alpha value is -2.94. The number of aromatic nitrogens is 2. The van der Waals surface area contributed by atoms with E-state index in [-0.39, 0.29) is 18.2 Å². The number of fused-ring (bicyclic) bond motifs is 3. The van der Waals surface area contributed by atoms with E-state index < -0.39 is 5.60 Å². The van der Waals surface area contributed by atoms with Crippen molar-refractivity contribution in [2.75, 3.05) is 18.0 Å². The van der Waals surface area contributed by atoms with Crippen LogP contribution in [-0.4, -0.2) is 58.0 Å². The number of thiazole rings is 1. The number of ether oxygens (including phenoxy) is 1. The molecule has 3 aliphatic rings. The van der Waals surface area contributed by atoms with Gasteiger partial charge in [0.1, 0.15) is 16.1 Å². The number of piperazine rings is 1. The zero-order valence-electron chi connectivity index (χ0n) is 17.0. The van der Waals surface area contributed by atoms with Gasteiger partial charge < -0.3 is 14.1 Å². The van der Waals surface area contributed by atoms with Crippen LogP contribution in [-0.2, 0) is 4.74 Å². The number of amides is 1. The first-order valence-electron chi connectivity index (χ1n) is 9.89. The highest BCUT2D eigenvalue weighted by atomic mass is 32.1. The van der Waals surface area contributed by atoms with Gasteiger partial charge in [-0.25, -0.2) is 9.78 Å². The maximum Gasteiger partial charge on any atom is 0.410 e. The van der Waals surface area contributed by atoms with Crippen LogP contribution < -0.4 is 4.90 Å². The van der Waals surface area contributed by atoms with Crippen LogP contribution >= 0.6 is 11.3 Å². The number of nitrogens with zero attached hydrogens (tertiary/aromatic N) is 4. The first kappa shape index (κ1) is 19.0. The number of rotatable bonds is 3. The molecule has 2 atom stereocenters. The third-order valence-corrected chi connectivity index (χ3v) is 6.23. The van der Waals surface area contributed by atoms with Crippen molar-refractivity contribution in [3.8, 4) is 10.6 Å². The largest absolute Gasteiger partial charge is 0.444 e. The summed E-state index contributed by atoms with van der Waals surface area (Å²) < 4.78 is 11.7. The molecule has 30 heavy (non-hydrogen) atoms. The molecule has 3 fully saturated rings. The molecule has 0 aliphatic carbocycles. The standard InChI is InChI=1S/C21H22N4O4S/c1-21(2,3)29-20(27)25-13-8-14(25)10-24(9-13)19-23-16-12(11-26)4-5-15(17(16)28-19)18-22-6-7-30-18/h4-7,11,13-14H,8-10H2,1-3H3. The van der Waals surface area contributed by atoms with Gasteiger partial charge in [-0.05, 0) is 39.3 Å². The summed E-state index contributed by atoms with van der Waals surface area (Å²) in [7, 11) is 0. The summed E-state index contributed by atoms with van der Waals surface area (Å²) in [6.07, 6.45) is 3.20. The maximum absolute atomic E-state index is 12.5. The fourth-order valence-corrected chi connectivity index (χ4v) is 4.81. The number of anilines is 1. The first-order chi connectivity index (χ1) is 14.3. The topological polar surface area (TPSA) is 88.8 Å². The molecule has 0 saturated carbocycles. The number of oxazole rings is 1. The van der Waals surface area contributed by atoms with Crippen molar-refractivity contribution in [2.45, 2.75) is 44.9 Å². The average molecular weight is 426 g/mol. The van der Waals surface area contributed by atoms with Gasteiger partial charge in [-0.2, -0.15) is 4.98 Å². The minimum atomic E-state index is -0.515. The van der Waals surface area contributed by atoms with Gasteiger partial charge >= 0.3 is 6.09 Å². The van der Waals surface area contributed by atoms with E-state index in [2.05, 4.69) is 9.97 Å². The summed E-state index contributed by atoms with van der Waals surface area (Å²) in [4.78, 5) is 36.9. The zero-order valence-corrected chi connectivity index (χ0v) is 17.8. The summed E-state index contributed by atoms with van der Waals surface area (Å²) >= 11 is 1.51. The Morgan fingerprint density at radius 3 is 2.70 bits per heavy atom. The van der Waals surface area contributed by atoms with E-state index in [4.69, 9.17) is 9.15 Å². The van der Waals surface area contributed by atoms with E-state index in [1.54, 1.807) is 12.3 Å². The van der Waals surface area contributed by atoms with E-state index in [1.807, 2.05) is 42.0 Å². The van der Waals surface area contributed by atoms with Crippen LogP contribution in [0.5, 0.6) is 0 Å². The number of carbonyl (C=O) groups is 2. The third kappa shape index (κ3) is 3.13. The fraction of sp³-hybridized carbons (Fsp3) is 0.429. The molecule has 0 N–H and O–H groups in total. The molecule has 2 bridgehead atoms. The number of benzene rings is 1. The molecule has 3 aromatic rings. The molecule has 3 saturated heterocycles. The first-order valence-corrected chi connectivity index (χ1v) is 10.8. The number of aldehydes is 1. The number of hydrogen-bond donors (Lipinski definition) is 0. The Bertz CT molecular complexity index is 1110. The van der Waals surface area contributed by atoms with Crippen molar-refractivity contribution in [2.24, 2.45) is 0 Å². The lowest BCUT2D eigenvalue weighted by Gasteiger charge is -2.55. The predicted octanol–water partition coefficient (Wildman–Crippen LogP) is 3.96. The molecule has 1 amide bonds. The molecule has 2 unspecified atom stereocenters. The molecule has 9 heteroatoms. The highest BCUT2D eigenvalue weighted by molar-refractivity contribution is 7.13. The number of hydrogen-bond acceptors (Lipinski definition) is 8. The van der Waals surface area contributed by atoms with Crippen LogP contribution in [0.4, 0.5) is 10.8 Å². The molecule has 6 rings (SSSR count). The van der Waals surface area contributed by atoms with Gasteiger partial charge in [-0.3, -0.25) is 9.69 Å². The Morgan fingerprint density at radius 2 is 2.07 bits per heavy atom. The molecule has 0 radical (unpaired) electrons. The van der Waals surface area contributed by atoms with Gasteiger partial charge in [0.05, 0.1) is 17.6 Å². The van der Waals surface area contributed by atoms with Gasteiger partial charge in [-0.15, -0.1) is 11.3 Å². The lowest BCUT2D eigenvalue weighted by Crippen LogP contribution is -2.70. The molecule has 5 heterocycles. The van der Waals surface area contributed by atoms with Crippen molar-refractivity contribution in [1.82, 2.24) is 14.9 Å². The van der Waals surface area contributed by atoms with Crippen molar-refractivity contribution in [3.63, 3.8) is 0 Å². The van der Waals surface area contributed by atoms with Gasteiger partial charge in [0, 0.05) is 30.2 Å². The van der Waals surface area contributed by atoms with E-state index in [9.17, 15) is 9.59 Å². The summed E-state index contributed by atoms with van der Waals surface area (Å²) in [5, 5.41) is 2.72. The Balaban J connectivity index is 1.43. The third-order valence-electron chi connectivity index (χ3n) is 5.42. The van der Waals surface area contributed by atoms with Crippen LogP contribution in [0.25, 0.3) is 21.7 Å². The Labute approximate surface area is 177 Å². The SMILES string of the molecule is CC(C)(C)OC(=O)N1C2CC1CN(c1nc3c(C=O)ccc(-c4nccs4)c3o1)C2. The van der Waals surface area contributed by atoms with Gasteiger partial charge in [-0.1, -0.05) is 0 Å².